The van der Waals surface area contributed by atoms with Crippen LogP contribution in [0.5, 0.6) is 0 Å². The quantitative estimate of drug-likeness (QED) is 0.0522. The van der Waals surface area contributed by atoms with Crippen LogP contribution < -0.4 is 0 Å². The van der Waals surface area contributed by atoms with Crippen molar-refractivity contribution in [2.75, 3.05) is 0 Å². The summed E-state index contributed by atoms with van der Waals surface area (Å²) < 4.78 is 58.5. The molecule has 133 heavy (non-hydrogen) atoms. The van der Waals surface area contributed by atoms with E-state index in [-0.39, 0.29) is 113 Å². The molecule has 13 nitrogen and oxygen atoms in total. The summed E-state index contributed by atoms with van der Waals surface area (Å²) in [7, 11) is 4.13. The number of rotatable bonds is 16. The van der Waals surface area contributed by atoms with Crippen molar-refractivity contribution in [1.82, 2.24) is 49.0 Å². The average Bonchev–Trinajstić information content (AvgIpc) is 1.53. The third-order valence-corrected chi connectivity index (χ3v) is 22.9. The molecule has 0 radical (unpaired) electrons. The van der Waals surface area contributed by atoms with Crippen molar-refractivity contribution in [2.45, 2.75) is 44.9 Å². The summed E-state index contributed by atoms with van der Waals surface area (Å²) in [5.41, 5.74) is 24.8. The average molecular weight is 2460 g/mol. The van der Waals surface area contributed by atoms with Crippen LogP contribution >= 0.6 is 0 Å². The first-order valence-corrected chi connectivity index (χ1v) is 42.2. The van der Waals surface area contributed by atoms with Gasteiger partial charge in [0.1, 0.15) is 5.78 Å². The zero-order chi connectivity index (χ0) is 88.0. The molecule has 12 heterocycles. The summed E-state index contributed by atoms with van der Waals surface area (Å²) >= 11 is 0. The van der Waals surface area contributed by atoms with E-state index in [0.717, 1.165) is 170 Å². The van der Waals surface area contributed by atoms with Crippen LogP contribution in [0.1, 0.15) is 98.3 Å². The molecule has 0 spiro atoms. The fourth-order valence-electron chi connectivity index (χ4n) is 16.5. The molecule has 20 aromatic rings. The third-order valence-electron chi connectivity index (χ3n) is 22.9. The monoisotopic (exact) mass is 2460 g/mol. The maximum atomic E-state index is 14.0. The van der Waals surface area contributed by atoms with Gasteiger partial charge in [-0.3, -0.25) is 57.5 Å². The van der Waals surface area contributed by atoms with Gasteiger partial charge >= 0.3 is 63.2 Å². The van der Waals surface area contributed by atoms with Crippen LogP contribution in [-0.4, -0.2) is 66.2 Å². The number of carbonyl (C=O) groups is 1. The Hall–Kier alpha value is -13.5. The molecule has 2 aliphatic heterocycles. The van der Waals surface area contributed by atoms with E-state index < -0.39 is 23.3 Å². The molecule has 0 amide bonds. The van der Waals surface area contributed by atoms with Crippen LogP contribution in [0, 0.1) is 59.7 Å². The molecular weight excluding hydrogens is 2390 g/mol. The van der Waals surface area contributed by atoms with Crippen LogP contribution in [0.4, 0.5) is 28.9 Å². The van der Waals surface area contributed by atoms with Crippen LogP contribution in [0.15, 0.2) is 350 Å². The summed E-state index contributed by atoms with van der Waals surface area (Å²) in [6.45, 7) is 4.40. The second kappa shape index (κ2) is 42.4. The minimum Gasteiger partial charge on any atom is -0.397 e. The van der Waals surface area contributed by atoms with Gasteiger partial charge in [-0.15, -0.1) is 120 Å². The Morgan fingerprint density at radius 3 is 1.07 bits per heavy atom. The zero-order valence-electron chi connectivity index (χ0n) is 71.7. The second-order valence-electron chi connectivity index (χ2n) is 31.4. The molecule has 0 N–H and O–H groups in total. The number of halogens is 4. The van der Waals surface area contributed by atoms with E-state index in [1.165, 1.54) is 11.1 Å². The van der Waals surface area contributed by atoms with E-state index in [2.05, 4.69) is 239 Å². The fraction of sp³-hybridized carbons (Fsp3) is 0.0804. The number of carbonyl (C=O) groups excluding carboxylic acids is 1. The van der Waals surface area contributed by atoms with Gasteiger partial charge in [-0.2, -0.15) is 0 Å². The fourth-order valence-corrected chi connectivity index (χ4v) is 16.5. The summed E-state index contributed by atoms with van der Waals surface area (Å²) in [6.07, 6.45) is 5.20. The molecule has 21 heteroatoms. The molecule has 658 valence electrons. The van der Waals surface area contributed by atoms with Crippen molar-refractivity contribution in [3.8, 4) is 67.8 Å². The van der Waals surface area contributed by atoms with Crippen LogP contribution in [0.2, 0.25) is 0 Å². The van der Waals surface area contributed by atoms with Gasteiger partial charge in [-0.1, -0.05) is 229 Å². The van der Waals surface area contributed by atoms with E-state index >= 15 is 0 Å². The van der Waals surface area contributed by atoms with Crippen molar-refractivity contribution in [3.63, 3.8) is 0 Å². The number of hydrogen-bond acceptors (Lipinski definition) is 11. The number of aromatic nitrogens is 10. The zero-order valence-corrected chi connectivity index (χ0v) is 80.7. The first-order chi connectivity index (χ1) is 63.1. The van der Waals surface area contributed by atoms with Crippen molar-refractivity contribution in [2.24, 2.45) is 24.1 Å². The van der Waals surface area contributed by atoms with E-state index in [4.69, 9.17) is 29.9 Å². The molecule has 0 aliphatic carbocycles. The number of nitrogens with zero attached hydrogens (tertiary/aromatic N) is 12. The maximum absolute atomic E-state index is 14.0. The number of fused-ring (bicyclic) bond motifs is 6. The third kappa shape index (κ3) is 20.7. The molecule has 22 rings (SSSR count). The number of benzene rings is 10. The number of aliphatic imine (C=N–C) groups is 2. The Labute approximate surface area is 824 Å². The Bertz CT molecular complexity index is 7310. The van der Waals surface area contributed by atoms with Gasteiger partial charge in [0, 0.05) is 159 Å². The van der Waals surface area contributed by atoms with Gasteiger partial charge < -0.3 is 23.9 Å². The summed E-state index contributed by atoms with van der Waals surface area (Å²) in [5.74, 6) is -2.58. The summed E-state index contributed by atoms with van der Waals surface area (Å²) in [5, 5.41) is 6.45. The molecule has 10 aromatic carbocycles. The predicted molar refractivity (Wildman–Crippen MR) is 501 cm³/mol. The molecule has 10 aromatic heterocycles. The van der Waals surface area contributed by atoms with Crippen molar-refractivity contribution >= 4 is 71.9 Å². The van der Waals surface area contributed by atoms with Crippen LogP contribution in [0.25, 0.3) is 111 Å². The number of pyridine rings is 8. The largest absolute Gasteiger partial charge is 2.00 e. The molecular formula is C112H76F4N12OPt4. The number of aryl methyl sites for hydroxylation is 2. The smallest absolute Gasteiger partial charge is 0.397 e. The molecule has 0 bridgehead atoms. The van der Waals surface area contributed by atoms with E-state index in [0.29, 0.717) is 53.2 Å². The molecule has 0 saturated heterocycles. The molecule has 2 unspecified atom stereocenters. The Morgan fingerprint density at radius 2 is 0.684 bits per heavy atom. The summed E-state index contributed by atoms with van der Waals surface area (Å²) in [6, 6.07) is 122. The van der Waals surface area contributed by atoms with Crippen molar-refractivity contribution in [3.05, 3.63) is 467 Å². The van der Waals surface area contributed by atoms with Gasteiger partial charge in [0.15, 0.2) is 0 Å². The van der Waals surface area contributed by atoms with E-state index in [9.17, 15) is 22.4 Å². The Morgan fingerprint density at radius 1 is 0.353 bits per heavy atom. The molecule has 2 atom stereocenters. The Balaban J connectivity index is 0.000000134. The van der Waals surface area contributed by atoms with Crippen LogP contribution in [-0.2, 0) is 118 Å². The molecule has 0 saturated carbocycles. The van der Waals surface area contributed by atoms with Crippen LogP contribution in [0.3, 0.4) is 0 Å². The minimum absolute atomic E-state index is 0. The van der Waals surface area contributed by atoms with Crippen molar-refractivity contribution in [1.29, 1.82) is 0 Å². The van der Waals surface area contributed by atoms with E-state index in [1.54, 1.807) is 60.9 Å². The maximum Gasteiger partial charge on any atom is 2.00 e. The number of para-hydroxylation sites is 4. The van der Waals surface area contributed by atoms with E-state index in [1.807, 2.05) is 109 Å². The topological polar surface area (TPSA) is 155 Å². The van der Waals surface area contributed by atoms with Gasteiger partial charge in [0.05, 0.1) is 34.2 Å². The van der Waals surface area contributed by atoms with Gasteiger partial charge in [0.2, 0.25) is 0 Å². The first-order valence-electron chi connectivity index (χ1n) is 42.2. The number of hydrogen-bond donors (Lipinski definition) is 0. The SMILES string of the molecule is CC1C(c2cccc(Cc3cccc(C4=Nc5ccccc5C4C)n3)n2)=Nc2ccccc21.Cn1c(-c2cccc(Cc3cccc(-c4[c-]c5ccccc5n4C)n3)n2)[c-]c2ccccc21.Fc1c[c-]c(-c2cccc(Cc3cccc(-c4[c-]cc(F)cc4F)n3)n2)c(F)c1.O=C(c1[c-]c(-c2nccc3ccccc23)ccc1)c1[c-]c(-c2nccc3ccccc23)ccc1.[Pt+2].[Pt+2].[Pt+2].[Pt]. The minimum atomic E-state index is -0.753. The van der Waals surface area contributed by atoms with Gasteiger partial charge in [-0.25, -0.2) is 0 Å². The first kappa shape index (κ1) is 94.1. The normalized spacial score (nSPS) is 12.6. The standard InChI is InChI=1S/C31H18N2O.C29H24N4.C29H22N4.C23H12F4N2.4Pt/c34-31(25-11-5-9-23(19-25)29-27-13-3-1-7-21(27)15-17-32-29)26-12-6-10-24(20-26)30-28-14-4-2-8-22(28)16-18-33-30;1-18-22-11-3-5-13-24(22)32-28(18)26-15-7-9-20(30-26)17-21-10-8-16-27(31-21)29-19(2)23-12-4-6-14-25(23)33-29;1-32-26-15-5-3-9-20(26)17-28(32)24-13-7-11-22(30-24)19-23-12-8-14-25(31-23)29-18-21-10-4-6-16-27(21)33(29)2;24-14-7-9-18(20(26)11-14)22-5-1-3-16(28-22)13-17-4-2-6-23(29-17)19-10-8-15(25)12-21(19)27;;;;/h1-18H;3-16,18-19H,17H2,1-2H3;3-16H,19H2,1-2H3;1-8,11-12H,13H2;;;;/q-2;;2*-2;;3*+2. The van der Waals surface area contributed by atoms with Gasteiger partial charge in [0.25, 0.3) is 0 Å². The Kier molecular flexibility index (Phi) is 30.0. The second-order valence-corrected chi connectivity index (χ2v) is 31.4. The predicted octanol–water partition coefficient (Wildman–Crippen LogP) is 25.0. The van der Waals surface area contributed by atoms with Crippen molar-refractivity contribution < 1.29 is 107 Å². The summed E-state index contributed by atoms with van der Waals surface area (Å²) in [4.78, 5) is 60.9. The molecule has 2 aliphatic rings. The number of ketones is 1. The molecule has 0 fully saturated rings. The van der Waals surface area contributed by atoms with Gasteiger partial charge in [-0.05, 0) is 139 Å².